The summed E-state index contributed by atoms with van der Waals surface area (Å²) in [6.07, 6.45) is -7.60. The Kier molecular flexibility index (Phi) is 2.60. The van der Waals surface area contributed by atoms with Gasteiger partial charge in [0.1, 0.15) is 6.17 Å². The van der Waals surface area contributed by atoms with Crippen LogP contribution in [0.5, 0.6) is 0 Å². The second-order valence-corrected chi connectivity index (χ2v) is 4.26. The predicted octanol–water partition coefficient (Wildman–Crippen LogP) is 1.01. The predicted molar refractivity (Wildman–Crippen MR) is 45.2 cm³/mol. The lowest BCUT2D eigenvalue weighted by molar-refractivity contribution is -0.194. The Bertz CT molecular complexity index is 306. The van der Waals surface area contributed by atoms with Crippen molar-refractivity contribution < 1.29 is 27.5 Å². The highest BCUT2D eigenvalue weighted by Gasteiger charge is 2.55. The minimum Gasteiger partial charge on any atom is -0.390 e. The number of hydrogen-bond donors (Lipinski definition) is 1. The molecule has 1 N–H and O–H groups in total. The van der Waals surface area contributed by atoms with Gasteiger partial charge >= 0.3 is 12.1 Å². The summed E-state index contributed by atoms with van der Waals surface area (Å²) in [6, 6.07) is -1.80. The van der Waals surface area contributed by atoms with E-state index in [1.54, 1.807) is 0 Å². The van der Waals surface area contributed by atoms with Crippen molar-refractivity contribution >= 4 is 5.91 Å². The second-order valence-electron chi connectivity index (χ2n) is 4.26. The van der Waals surface area contributed by atoms with Crippen molar-refractivity contribution in [3.8, 4) is 0 Å². The van der Waals surface area contributed by atoms with E-state index in [0.29, 0.717) is 11.3 Å². The van der Waals surface area contributed by atoms with E-state index < -0.39 is 36.4 Å². The lowest BCUT2D eigenvalue weighted by Crippen LogP contribution is -2.57. The average Bonchev–Trinajstić information content (AvgIpc) is 2.50. The monoisotopic (exact) mass is 241 g/mol. The van der Waals surface area contributed by atoms with Crippen LogP contribution < -0.4 is 0 Å². The van der Waals surface area contributed by atoms with Crippen LogP contribution in [-0.2, 0) is 4.79 Å². The maximum atomic E-state index is 13.5. The molecule has 0 aromatic carbocycles. The summed E-state index contributed by atoms with van der Waals surface area (Å²) in [5.41, 5.74) is 0. The summed E-state index contributed by atoms with van der Waals surface area (Å²) in [6.45, 7) is 0. The van der Waals surface area contributed by atoms with Gasteiger partial charge in [-0.2, -0.15) is 13.2 Å². The van der Waals surface area contributed by atoms with Gasteiger partial charge in [0.2, 0.25) is 0 Å². The van der Waals surface area contributed by atoms with Crippen LogP contribution in [0.4, 0.5) is 17.6 Å². The summed E-state index contributed by atoms with van der Waals surface area (Å²) in [7, 11) is 0. The first-order valence-electron chi connectivity index (χ1n) is 5.04. The maximum Gasteiger partial charge on any atom is 0.471 e. The van der Waals surface area contributed by atoms with E-state index in [0.717, 1.165) is 0 Å². The van der Waals surface area contributed by atoms with E-state index in [2.05, 4.69) is 0 Å². The third kappa shape index (κ3) is 1.66. The van der Waals surface area contributed by atoms with E-state index >= 15 is 0 Å². The number of hydrogen-bond acceptors (Lipinski definition) is 2. The third-order valence-electron chi connectivity index (χ3n) is 3.27. The minimum absolute atomic E-state index is 0.112. The maximum absolute atomic E-state index is 13.5. The molecule has 0 aliphatic carbocycles. The van der Waals surface area contributed by atoms with Gasteiger partial charge in [0.25, 0.3) is 0 Å². The summed E-state index contributed by atoms with van der Waals surface area (Å²) in [5.74, 6) is -1.99. The number of nitrogens with zero attached hydrogens (tertiary/aromatic N) is 1. The van der Waals surface area contributed by atoms with E-state index in [4.69, 9.17) is 0 Å². The summed E-state index contributed by atoms with van der Waals surface area (Å²) in [4.78, 5) is 11.7. The van der Waals surface area contributed by atoms with Gasteiger partial charge in [0, 0.05) is 6.04 Å². The van der Waals surface area contributed by atoms with Crippen molar-refractivity contribution in [2.45, 2.75) is 49.8 Å². The first-order chi connectivity index (χ1) is 7.32. The van der Waals surface area contributed by atoms with Gasteiger partial charge in [-0.15, -0.1) is 0 Å². The molecule has 0 aromatic heterocycles. The van der Waals surface area contributed by atoms with E-state index in [1.165, 1.54) is 0 Å². The van der Waals surface area contributed by atoms with E-state index in [-0.39, 0.29) is 12.8 Å². The number of rotatable bonds is 0. The quantitative estimate of drug-likeness (QED) is 0.643. The number of piperidine rings is 1. The molecule has 0 saturated carbocycles. The fraction of sp³-hybridized carbons (Fsp3) is 0.889. The Labute approximate surface area is 89.0 Å². The summed E-state index contributed by atoms with van der Waals surface area (Å²) >= 11 is 0. The molecule has 92 valence electrons. The van der Waals surface area contributed by atoms with Crippen LogP contribution >= 0.6 is 0 Å². The van der Waals surface area contributed by atoms with Crippen molar-refractivity contribution in [3.63, 3.8) is 0 Å². The molecule has 2 aliphatic heterocycles. The number of carbonyl (C=O) groups is 1. The summed E-state index contributed by atoms with van der Waals surface area (Å²) in [5, 5.41) is 9.27. The fourth-order valence-corrected chi connectivity index (χ4v) is 2.58. The van der Waals surface area contributed by atoms with Gasteiger partial charge in [-0.3, -0.25) is 4.79 Å². The van der Waals surface area contributed by atoms with Gasteiger partial charge in [-0.25, -0.2) is 4.39 Å². The number of carbonyl (C=O) groups excluding carboxylic acids is 1. The lowest BCUT2D eigenvalue weighted by Gasteiger charge is -2.39. The molecular weight excluding hydrogens is 230 g/mol. The number of amides is 1. The molecule has 0 aromatic rings. The molecule has 0 spiro atoms. The molecule has 2 fully saturated rings. The van der Waals surface area contributed by atoms with Crippen molar-refractivity contribution in [1.82, 2.24) is 4.90 Å². The molecule has 1 amide bonds. The zero-order valence-electron chi connectivity index (χ0n) is 8.25. The van der Waals surface area contributed by atoms with Crippen molar-refractivity contribution in [1.29, 1.82) is 0 Å². The molecule has 2 saturated heterocycles. The minimum atomic E-state index is -4.97. The van der Waals surface area contributed by atoms with Crippen LogP contribution in [0.25, 0.3) is 0 Å². The molecule has 2 heterocycles. The Balaban J connectivity index is 2.21. The number of halogens is 4. The van der Waals surface area contributed by atoms with Gasteiger partial charge in [-0.1, -0.05) is 0 Å². The molecule has 3 nitrogen and oxygen atoms in total. The zero-order chi connectivity index (χ0) is 12.1. The molecule has 2 rings (SSSR count). The Morgan fingerprint density at radius 3 is 2.50 bits per heavy atom. The summed E-state index contributed by atoms with van der Waals surface area (Å²) < 4.78 is 50.2. The van der Waals surface area contributed by atoms with Crippen molar-refractivity contribution in [2.75, 3.05) is 0 Å². The van der Waals surface area contributed by atoms with Crippen LogP contribution in [0.3, 0.4) is 0 Å². The Morgan fingerprint density at radius 2 is 1.94 bits per heavy atom. The normalized spacial score (nSPS) is 38.9. The standard InChI is InChI=1S/C9H11F4NO2/c10-7-5-2-1-4(3-6(7)15)14(5)8(16)9(11,12)13/h4-7,15H,1-3H2. The average molecular weight is 241 g/mol. The van der Waals surface area contributed by atoms with Gasteiger partial charge in [0.05, 0.1) is 12.1 Å². The highest BCUT2D eigenvalue weighted by atomic mass is 19.4. The molecule has 2 aliphatic rings. The van der Waals surface area contributed by atoms with Crippen LogP contribution in [0.2, 0.25) is 0 Å². The van der Waals surface area contributed by atoms with Gasteiger partial charge in [0.15, 0.2) is 0 Å². The SMILES string of the molecule is O=C(N1C2CCC1C(F)C(O)C2)C(F)(F)F. The van der Waals surface area contributed by atoms with Crippen LogP contribution in [-0.4, -0.2) is 46.4 Å². The molecule has 7 heteroatoms. The van der Waals surface area contributed by atoms with Gasteiger partial charge < -0.3 is 10.0 Å². The van der Waals surface area contributed by atoms with Crippen molar-refractivity contribution in [2.24, 2.45) is 0 Å². The first-order valence-corrected chi connectivity index (χ1v) is 5.04. The van der Waals surface area contributed by atoms with E-state index in [9.17, 15) is 27.5 Å². The van der Waals surface area contributed by atoms with Crippen LogP contribution in [0.1, 0.15) is 19.3 Å². The zero-order valence-corrected chi connectivity index (χ0v) is 8.25. The van der Waals surface area contributed by atoms with Crippen molar-refractivity contribution in [3.05, 3.63) is 0 Å². The number of fused-ring (bicyclic) bond motifs is 2. The number of aliphatic hydroxyl groups excluding tert-OH is 1. The highest BCUT2D eigenvalue weighted by molar-refractivity contribution is 5.83. The van der Waals surface area contributed by atoms with Crippen LogP contribution in [0.15, 0.2) is 0 Å². The molecule has 0 radical (unpaired) electrons. The fourth-order valence-electron chi connectivity index (χ4n) is 2.58. The molecule has 4 unspecified atom stereocenters. The first kappa shape index (κ1) is 11.6. The number of aliphatic hydroxyl groups is 1. The van der Waals surface area contributed by atoms with Crippen LogP contribution in [0, 0.1) is 0 Å². The third-order valence-corrected chi connectivity index (χ3v) is 3.27. The molecule has 16 heavy (non-hydrogen) atoms. The number of alkyl halides is 4. The molecule has 4 atom stereocenters. The smallest absolute Gasteiger partial charge is 0.390 e. The highest BCUT2D eigenvalue weighted by Crippen LogP contribution is 2.39. The topological polar surface area (TPSA) is 40.5 Å². The Morgan fingerprint density at radius 1 is 1.31 bits per heavy atom. The molecular formula is C9H11F4NO2. The Hall–Kier alpha value is -0.850. The largest absolute Gasteiger partial charge is 0.471 e. The molecule has 2 bridgehead atoms. The lowest BCUT2D eigenvalue weighted by atomic mass is 9.98. The van der Waals surface area contributed by atoms with Gasteiger partial charge in [-0.05, 0) is 19.3 Å². The van der Waals surface area contributed by atoms with E-state index in [1.807, 2.05) is 0 Å². The second kappa shape index (κ2) is 3.58.